The van der Waals surface area contributed by atoms with E-state index >= 15 is 0 Å². The molecule has 3 aromatic rings. The van der Waals surface area contributed by atoms with Gasteiger partial charge in [0, 0.05) is 16.3 Å². The molecule has 0 aliphatic rings. The first-order chi connectivity index (χ1) is 14.2. The molecule has 2 N–H and O–H groups in total. The van der Waals surface area contributed by atoms with Crippen molar-refractivity contribution in [2.45, 2.75) is 31.7 Å². The first-order valence-corrected chi connectivity index (χ1v) is 11.3. The Morgan fingerprint density at radius 2 is 1.67 bits per heavy atom. The van der Waals surface area contributed by atoms with Gasteiger partial charge in [0.1, 0.15) is 0 Å². The average Bonchev–Trinajstić information content (AvgIpc) is 2.68. The average molecular weight is 443 g/mol. The summed E-state index contributed by atoms with van der Waals surface area (Å²) >= 11 is 5.82. The van der Waals surface area contributed by atoms with Gasteiger partial charge >= 0.3 is 0 Å². The third-order valence-corrected chi connectivity index (χ3v) is 6.39. The number of rotatable bonds is 6. The van der Waals surface area contributed by atoms with E-state index in [4.69, 9.17) is 11.6 Å². The van der Waals surface area contributed by atoms with Gasteiger partial charge in [-0.05, 0) is 74.4 Å². The summed E-state index contributed by atoms with van der Waals surface area (Å²) in [6, 6.07) is 18.2. The molecule has 0 spiro atoms. The van der Waals surface area contributed by atoms with Crippen molar-refractivity contribution >= 4 is 33.2 Å². The lowest BCUT2D eigenvalue weighted by molar-refractivity contribution is 0.0940. The molecule has 0 aromatic heterocycles. The summed E-state index contributed by atoms with van der Waals surface area (Å²) < 4.78 is 27.6. The largest absolute Gasteiger partial charge is 0.346 e. The Kier molecular flexibility index (Phi) is 6.48. The quantitative estimate of drug-likeness (QED) is 0.547. The number of nitrogens with one attached hydrogen (secondary N) is 2. The Hall–Kier alpha value is -2.83. The van der Waals surface area contributed by atoms with E-state index in [1.54, 1.807) is 18.2 Å². The van der Waals surface area contributed by atoms with Gasteiger partial charge in [0.2, 0.25) is 0 Å². The highest BCUT2D eigenvalue weighted by atomic mass is 35.5. The zero-order valence-corrected chi connectivity index (χ0v) is 18.5. The number of aryl methyl sites for hydroxylation is 2. The maximum absolute atomic E-state index is 12.7. The summed E-state index contributed by atoms with van der Waals surface area (Å²) in [5.74, 6) is -0.282. The second-order valence-corrected chi connectivity index (χ2v) is 9.31. The predicted octanol–water partition coefficient (Wildman–Crippen LogP) is 5.25. The van der Waals surface area contributed by atoms with E-state index in [0.717, 1.165) is 16.7 Å². The van der Waals surface area contributed by atoms with Crippen LogP contribution in [0.5, 0.6) is 0 Å². The summed E-state index contributed by atoms with van der Waals surface area (Å²) in [7, 11) is -3.79. The molecule has 0 heterocycles. The second kappa shape index (κ2) is 8.90. The van der Waals surface area contributed by atoms with E-state index in [0.29, 0.717) is 16.3 Å². The van der Waals surface area contributed by atoms with Gasteiger partial charge in [0.15, 0.2) is 0 Å². The lowest BCUT2D eigenvalue weighted by Gasteiger charge is -2.17. The van der Waals surface area contributed by atoms with E-state index in [1.807, 2.05) is 32.9 Å². The number of amides is 1. The lowest BCUT2D eigenvalue weighted by Crippen LogP contribution is -2.27. The molecule has 0 radical (unpaired) electrons. The van der Waals surface area contributed by atoms with Crippen molar-refractivity contribution in [2.75, 3.05) is 4.72 Å². The lowest BCUT2D eigenvalue weighted by atomic mass is 10.00. The maximum Gasteiger partial charge on any atom is 0.261 e. The number of halogens is 1. The third-order valence-electron chi connectivity index (χ3n) is 4.74. The summed E-state index contributed by atoms with van der Waals surface area (Å²) in [6.07, 6.45) is 0. The van der Waals surface area contributed by atoms with Crippen molar-refractivity contribution in [1.82, 2.24) is 5.32 Å². The van der Waals surface area contributed by atoms with Crippen molar-refractivity contribution in [3.8, 4) is 0 Å². The fourth-order valence-corrected chi connectivity index (χ4v) is 4.40. The molecule has 0 saturated heterocycles. The van der Waals surface area contributed by atoms with Crippen LogP contribution in [0.25, 0.3) is 0 Å². The van der Waals surface area contributed by atoms with Crippen LogP contribution in [0.2, 0.25) is 5.02 Å². The van der Waals surface area contributed by atoms with E-state index in [1.165, 1.54) is 30.3 Å². The molecule has 7 heteroatoms. The number of carbonyl (C=O) groups excluding carboxylic acids is 1. The fraction of sp³-hybridized carbons (Fsp3) is 0.174. The predicted molar refractivity (Wildman–Crippen MR) is 120 cm³/mol. The minimum absolute atomic E-state index is 0.0882. The van der Waals surface area contributed by atoms with Crippen LogP contribution < -0.4 is 10.0 Å². The molecule has 1 amide bonds. The van der Waals surface area contributed by atoms with E-state index in [-0.39, 0.29) is 16.8 Å². The van der Waals surface area contributed by atoms with Gasteiger partial charge in [-0.2, -0.15) is 0 Å². The highest BCUT2D eigenvalue weighted by Gasteiger charge is 2.17. The van der Waals surface area contributed by atoms with Gasteiger partial charge in [0.05, 0.1) is 10.9 Å². The third kappa shape index (κ3) is 5.20. The van der Waals surface area contributed by atoms with Gasteiger partial charge in [-0.15, -0.1) is 0 Å². The summed E-state index contributed by atoms with van der Waals surface area (Å²) in [4.78, 5) is 12.8. The summed E-state index contributed by atoms with van der Waals surface area (Å²) in [5, 5.41) is 3.42. The number of carbonyl (C=O) groups is 1. The molecule has 3 rings (SSSR count). The number of sulfonamides is 1. The molecule has 156 valence electrons. The van der Waals surface area contributed by atoms with Gasteiger partial charge in [0.25, 0.3) is 15.9 Å². The standard InChI is InChI=1S/C23H23ClN2O3S/c1-15-7-12-22(16(2)13-15)17(3)25-23(27)18-5-4-6-20(14-18)26-30(28,29)21-10-8-19(24)9-11-21/h4-14,17,26H,1-3H3,(H,25,27)/t17-/m0/s1. The fourth-order valence-electron chi connectivity index (χ4n) is 3.22. The molecular weight excluding hydrogens is 420 g/mol. The molecule has 0 aliphatic heterocycles. The number of benzene rings is 3. The van der Waals surface area contributed by atoms with Crippen LogP contribution in [0, 0.1) is 13.8 Å². The minimum atomic E-state index is -3.79. The molecule has 1 atom stereocenters. The van der Waals surface area contributed by atoms with Crippen molar-refractivity contribution < 1.29 is 13.2 Å². The number of anilines is 1. The zero-order chi connectivity index (χ0) is 21.9. The highest BCUT2D eigenvalue weighted by Crippen LogP contribution is 2.21. The molecular formula is C23H23ClN2O3S. The van der Waals surface area contributed by atoms with Crippen LogP contribution in [0.3, 0.4) is 0 Å². The molecule has 0 bridgehead atoms. The molecule has 3 aromatic carbocycles. The zero-order valence-electron chi connectivity index (χ0n) is 16.9. The summed E-state index contributed by atoms with van der Waals surface area (Å²) in [5.41, 5.74) is 3.97. The Morgan fingerprint density at radius 1 is 0.967 bits per heavy atom. The monoisotopic (exact) mass is 442 g/mol. The van der Waals surface area contributed by atoms with Gasteiger partial charge in [-0.3, -0.25) is 9.52 Å². The van der Waals surface area contributed by atoms with E-state index < -0.39 is 10.0 Å². The smallest absolute Gasteiger partial charge is 0.261 e. The normalized spacial score (nSPS) is 12.3. The molecule has 0 fully saturated rings. The number of hydrogen-bond acceptors (Lipinski definition) is 3. The van der Waals surface area contributed by atoms with Gasteiger partial charge < -0.3 is 5.32 Å². The Balaban J connectivity index is 1.76. The molecule has 0 saturated carbocycles. The SMILES string of the molecule is Cc1ccc([C@H](C)NC(=O)c2cccc(NS(=O)(=O)c3ccc(Cl)cc3)c2)c(C)c1. The first-order valence-electron chi connectivity index (χ1n) is 9.42. The van der Waals surface area contributed by atoms with Crippen LogP contribution in [-0.4, -0.2) is 14.3 Å². The molecule has 5 nitrogen and oxygen atoms in total. The van der Waals surface area contributed by atoms with Crippen LogP contribution in [0.15, 0.2) is 71.6 Å². The second-order valence-electron chi connectivity index (χ2n) is 7.20. The van der Waals surface area contributed by atoms with Crippen molar-refractivity contribution in [2.24, 2.45) is 0 Å². The first kappa shape index (κ1) is 21.9. The van der Waals surface area contributed by atoms with Crippen molar-refractivity contribution in [3.05, 3.63) is 94.0 Å². The Labute approximate surface area is 182 Å². The van der Waals surface area contributed by atoms with Crippen LogP contribution in [-0.2, 0) is 10.0 Å². The van der Waals surface area contributed by atoms with E-state index in [9.17, 15) is 13.2 Å². The van der Waals surface area contributed by atoms with Crippen molar-refractivity contribution in [1.29, 1.82) is 0 Å². The van der Waals surface area contributed by atoms with E-state index in [2.05, 4.69) is 16.1 Å². The van der Waals surface area contributed by atoms with Crippen LogP contribution >= 0.6 is 11.6 Å². The van der Waals surface area contributed by atoms with Crippen molar-refractivity contribution in [3.63, 3.8) is 0 Å². The van der Waals surface area contributed by atoms with Crippen LogP contribution in [0.1, 0.15) is 40.0 Å². The molecule has 30 heavy (non-hydrogen) atoms. The number of hydrogen-bond donors (Lipinski definition) is 2. The van der Waals surface area contributed by atoms with Gasteiger partial charge in [-0.1, -0.05) is 41.4 Å². The Bertz CT molecular complexity index is 1180. The molecule has 0 unspecified atom stereocenters. The van der Waals surface area contributed by atoms with Crippen LogP contribution in [0.4, 0.5) is 5.69 Å². The van der Waals surface area contributed by atoms with Gasteiger partial charge in [-0.25, -0.2) is 8.42 Å². The molecule has 0 aliphatic carbocycles. The summed E-state index contributed by atoms with van der Waals surface area (Å²) in [6.45, 7) is 5.95. The Morgan fingerprint density at radius 3 is 2.33 bits per heavy atom. The topological polar surface area (TPSA) is 75.3 Å². The minimum Gasteiger partial charge on any atom is -0.346 e. The highest BCUT2D eigenvalue weighted by molar-refractivity contribution is 7.92. The maximum atomic E-state index is 12.7.